The quantitative estimate of drug-likeness (QED) is 0.829. The lowest BCUT2D eigenvalue weighted by Gasteiger charge is -2.24. The third-order valence-corrected chi connectivity index (χ3v) is 2.10. The molecule has 6 heteroatoms. The smallest absolute Gasteiger partial charge is 0.323 e. The minimum absolute atomic E-state index is 0.192. The number of carbonyl (C=O) groups is 2. The summed E-state index contributed by atoms with van der Waals surface area (Å²) in [5, 5.41) is 11.3. The van der Waals surface area contributed by atoms with Gasteiger partial charge in [0.15, 0.2) is 0 Å². The number of rotatable bonds is 4. The first kappa shape index (κ1) is 13.0. The number of nitrogens with zero attached hydrogens (tertiary/aromatic N) is 2. The molecule has 0 fully saturated rings. The highest BCUT2D eigenvalue weighted by Crippen LogP contribution is 2.06. The van der Waals surface area contributed by atoms with Gasteiger partial charge in [-0.15, -0.1) is 0 Å². The number of pyridine rings is 1. The van der Waals surface area contributed by atoms with Gasteiger partial charge in [-0.25, -0.2) is 4.79 Å². The number of hydrogen-bond donors (Lipinski definition) is 2. The van der Waals surface area contributed by atoms with Crippen LogP contribution in [0.2, 0.25) is 0 Å². The fourth-order valence-electron chi connectivity index (χ4n) is 1.27. The van der Waals surface area contributed by atoms with Gasteiger partial charge >= 0.3 is 12.0 Å². The highest BCUT2D eigenvalue weighted by Gasteiger charge is 2.19. The SMILES string of the molecule is CC(C)N(CC(=O)O)C(=O)Nc1cccnc1. The predicted octanol–water partition coefficient (Wildman–Crippen LogP) is 1.41. The third-order valence-electron chi connectivity index (χ3n) is 2.10. The zero-order chi connectivity index (χ0) is 12.8. The molecule has 0 atom stereocenters. The second-order valence-electron chi connectivity index (χ2n) is 3.79. The molecular formula is C11H15N3O3. The van der Waals surface area contributed by atoms with Crippen molar-refractivity contribution >= 4 is 17.7 Å². The van der Waals surface area contributed by atoms with Crippen molar-refractivity contribution in [1.82, 2.24) is 9.88 Å². The van der Waals surface area contributed by atoms with Crippen molar-refractivity contribution < 1.29 is 14.7 Å². The van der Waals surface area contributed by atoms with Crippen molar-refractivity contribution in [3.05, 3.63) is 24.5 Å². The van der Waals surface area contributed by atoms with Gasteiger partial charge in [0.05, 0.1) is 11.9 Å². The second kappa shape index (κ2) is 5.83. The van der Waals surface area contributed by atoms with Gasteiger partial charge < -0.3 is 15.3 Å². The molecule has 1 heterocycles. The lowest BCUT2D eigenvalue weighted by atomic mass is 10.3. The van der Waals surface area contributed by atoms with Crippen molar-refractivity contribution in [2.45, 2.75) is 19.9 Å². The van der Waals surface area contributed by atoms with E-state index in [1.54, 1.807) is 32.2 Å². The molecule has 0 aliphatic heterocycles. The average molecular weight is 237 g/mol. The monoisotopic (exact) mass is 237 g/mol. The maximum absolute atomic E-state index is 11.8. The molecule has 0 aliphatic rings. The number of amides is 2. The summed E-state index contributed by atoms with van der Waals surface area (Å²) in [4.78, 5) is 27.5. The first-order chi connectivity index (χ1) is 8.00. The van der Waals surface area contributed by atoms with Crippen molar-refractivity contribution in [1.29, 1.82) is 0 Å². The largest absolute Gasteiger partial charge is 0.480 e. The molecule has 0 aliphatic carbocycles. The molecule has 0 unspecified atom stereocenters. The molecule has 1 rings (SSSR count). The van der Waals surface area contributed by atoms with Crippen LogP contribution in [0, 0.1) is 0 Å². The number of carboxylic acids is 1. The van der Waals surface area contributed by atoms with Gasteiger partial charge in [-0.05, 0) is 26.0 Å². The third kappa shape index (κ3) is 4.10. The van der Waals surface area contributed by atoms with Crippen LogP contribution >= 0.6 is 0 Å². The van der Waals surface area contributed by atoms with E-state index in [4.69, 9.17) is 5.11 Å². The topological polar surface area (TPSA) is 82.5 Å². The van der Waals surface area contributed by atoms with Gasteiger partial charge in [-0.1, -0.05) is 0 Å². The Morgan fingerprint density at radius 2 is 2.24 bits per heavy atom. The van der Waals surface area contributed by atoms with E-state index in [9.17, 15) is 9.59 Å². The Labute approximate surface area is 99.3 Å². The molecule has 92 valence electrons. The number of nitrogens with one attached hydrogen (secondary N) is 1. The zero-order valence-electron chi connectivity index (χ0n) is 9.75. The number of hydrogen-bond acceptors (Lipinski definition) is 3. The molecule has 17 heavy (non-hydrogen) atoms. The van der Waals surface area contributed by atoms with Crippen molar-refractivity contribution in [2.24, 2.45) is 0 Å². The minimum Gasteiger partial charge on any atom is -0.480 e. The number of anilines is 1. The van der Waals surface area contributed by atoms with E-state index in [0.29, 0.717) is 5.69 Å². The van der Waals surface area contributed by atoms with E-state index in [1.807, 2.05) is 0 Å². The van der Waals surface area contributed by atoms with E-state index in [2.05, 4.69) is 10.3 Å². The maximum Gasteiger partial charge on any atom is 0.323 e. The zero-order valence-corrected chi connectivity index (χ0v) is 9.75. The first-order valence-electron chi connectivity index (χ1n) is 5.20. The summed E-state index contributed by atoms with van der Waals surface area (Å²) < 4.78 is 0. The summed E-state index contributed by atoms with van der Waals surface area (Å²) in [6.07, 6.45) is 3.09. The standard InChI is InChI=1S/C11H15N3O3/c1-8(2)14(7-10(15)16)11(17)13-9-4-3-5-12-6-9/h3-6,8H,7H2,1-2H3,(H,13,17)(H,15,16). The summed E-state index contributed by atoms with van der Waals surface area (Å²) >= 11 is 0. The van der Waals surface area contributed by atoms with Gasteiger partial charge in [0.2, 0.25) is 0 Å². The van der Waals surface area contributed by atoms with Crippen LogP contribution < -0.4 is 5.32 Å². The molecule has 0 saturated heterocycles. The molecular weight excluding hydrogens is 222 g/mol. The molecule has 0 aromatic carbocycles. The minimum atomic E-state index is -1.04. The second-order valence-corrected chi connectivity index (χ2v) is 3.79. The average Bonchev–Trinajstić information content (AvgIpc) is 2.26. The fourth-order valence-corrected chi connectivity index (χ4v) is 1.27. The van der Waals surface area contributed by atoms with Crippen LogP contribution in [-0.4, -0.2) is 39.6 Å². The Balaban J connectivity index is 2.69. The molecule has 1 aromatic rings. The van der Waals surface area contributed by atoms with E-state index in [1.165, 1.54) is 11.1 Å². The van der Waals surface area contributed by atoms with Gasteiger partial charge in [0.1, 0.15) is 6.54 Å². The molecule has 0 bridgehead atoms. The fraction of sp³-hybridized carbons (Fsp3) is 0.364. The van der Waals surface area contributed by atoms with Gasteiger partial charge in [0, 0.05) is 12.2 Å². The summed E-state index contributed by atoms with van der Waals surface area (Å²) in [5.41, 5.74) is 0.536. The van der Waals surface area contributed by atoms with E-state index >= 15 is 0 Å². The van der Waals surface area contributed by atoms with Crippen molar-refractivity contribution in [3.8, 4) is 0 Å². The molecule has 2 amide bonds. The predicted molar refractivity (Wildman–Crippen MR) is 62.7 cm³/mol. The van der Waals surface area contributed by atoms with Crippen LogP contribution in [0.4, 0.5) is 10.5 Å². The Morgan fingerprint density at radius 1 is 1.53 bits per heavy atom. The van der Waals surface area contributed by atoms with Crippen LogP contribution in [0.5, 0.6) is 0 Å². The van der Waals surface area contributed by atoms with E-state index in [0.717, 1.165) is 0 Å². The summed E-state index contributed by atoms with van der Waals surface area (Å²) in [6.45, 7) is 3.18. The number of urea groups is 1. The van der Waals surface area contributed by atoms with Crippen LogP contribution in [0.1, 0.15) is 13.8 Å². The van der Waals surface area contributed by atoms with Gasteiger partial charge in [0.25, 0.3) is 0 Å². The summed E-state index contributed by atoms with van der Waals surface area (Å²) in [6, 6.07) is 2.73. The summed E-state index contributed by atoms with van der Waals surface area (Å²) in [7, 11) is 0. The van der Waals surface area contributed by atoms with Crippen molar-refractivity contribution in [3.63, 3.8) is 0 Å². The highest BCUT2D eigenvalue weighted by atomic mass is 16.4. The molecule has 0 radical (unpaired) electrons. The van der Waals surface area contributed by atoms with Crippen LogP contribution in [-0.2, 0) is 4.79 Å². The van der Waals surface area contributed by atoms with Crippen LogP contribution in [0.3, 0.4) is 0 Å². The lowest BCUT2D eigenvalue weighted by Crippen LogP contribution is -2.43. The number of carbonyl (C=O) groups excluding carboxylic acids is 1. The Morgan fingerprint density at radius 3 is 2.71 bits per heavy atom. The van der Waals surface area contributed by atoms with Gasteiger partial charge in [-0.3, -0.25) is 9.78 Å². The Hall–Kier alpha value is -2.11. The number of aromatic nitrogens is 1. The highest BCUT2D eigenvalue weighted by molar-refractivity contribution is 5.91. The molecule has 0 spiro atoms. The molecule has 2 N–H and O–H groups in total. The lowest BCUT2D eigenvalue weighted by molar-refractivity contribution is -0.137. The first-order valence-corrected chi connectivity index (χ1v) is 5.20. The van der Waals surface area contributed by atoms with Crippen LogP contribution in [0.15, 0.2) is 24.5 Å². The van der Waals surface area contributed by atoms with Crippen molar-refractivity contribution in [2.75, 3.05) is 11.9 Å². The van der Waals surface area contributed by atoms with Crippen LogP contribution in [0.25, 0.3) is 0 Å². The number of aliphatic carboxylic acids is 1. The maximum atomic E-state index is 11.8. The molecule has 0 saturated carbocycles. The normalized spacial score (nSPS) is 10.1. The number of carboxylic acid groups (broad SMARTS) is 1. The van der Waals surface area contributed by atoms with E-state index < -0.39 is 12.0 Å². The van der Waals surface area contributed by atoms with Gasteiger partial charge in [-0.2, -0.15) is 0 Å². The summed E-state index contributed by atoms with van der Waals surface area (Å²) in [5.74, 6) is -1.04. The molecule has 6 nitrogen and oxygen atoms in total. The Kier molecular flexibility index (Phi) is 4.45. The Bertz CT molecular complexity index is 392. The molecule has 1 aromatic heterocycles. The van der Waals surface area contributed by atoms with E-state index in [-0.39, 0.29) is 12.6 Å².